The summed E-state index contributed by atoms with van der Waals surface area (Å²) in [6, 6.07) is 7.93. The van der Waals surface area contributed by atoms with Gasteiger partial charge in [0.25, 0.3) is 0 Å². The Hall–Kier alpha value is -2.48. The minimum absolute atomic E-state index is 0.118. The van der Waals surface area contributed by atoms with Gasteiger partial charge in [-0.2, -0.15) is 0 Å². The normalized spacial score (nSPS) is 22.5. The van der Waals surface area contributed by atoms with Gasteiger partial charge in [-0.15, -0.1) is 0 Å². The van der Waals surface area contributed by atoms with Crippen molar-refractivity contribution in [3.8, 4) is 0 Å². The Labute approximate surface area is 180 Å². The minimum atomic E-state index is -0.249. The zero-order valence-corrected chi connectivity index (χ0v) is 19.1. The number of ketones is 2. The van der Waals surface area contributed by atoms with Crippen molar-refractivity contribution in [1.29, 1.82) is 0 Å². The van der Waals surface area contributed by atoms with Crippen LogP contribution in [0.15, 0.2) is 64.3 Å². The van der Waals surface area contributed by atoms with Crippen molar-refractivity contribution in [2.24, 2.45) is 10.8 Å². The summed E-state index contributed by atoms with van der Waals surface area (Å²) in [5.74, 6) is 0.342. The van der Waals surface area contributed by atoms with E-state index in [2.05, 4.69) is 59.8 Å². The van der Waals surface area contributed by atoms with Gasteiger partial charge in [0.15, 0.2) is 11.6 Å². The molecule has 0 saturated heterocycles. The summed E-state index contributed by atoms with van der Waals surface area (Å²) in [5, 5.41) is 0. The van der Waals surface area contributed by atoms with E-state index in [-0.39, 0.29) is 22.4 Å². The number of allylic oxidation sites excluding steroid dienone is 8. The molecule has 0 unspecified atom stereocenters. The molecule has 0 bridgehead atoms. The van der Waals surface area contributed by atoms with E-state index in [0.29, 0.717) is 0 Å². The van der Waals surface area contributed by atoms with Crippen LogP contribution in [0.25, 0.3) is 5.57 Å². The molecule has 2 heteroatoms. The fourth-order valence-electron chi connectivity index (χ4n) is 4.84. The molecule has 4 rings (SSSR count). The first-order chi connectivity index (χ1) is 14.0. The molecule has 1 aromatic rings. The van der Waals surface area contributed by atoms with Crippen molar-refractivity contribution in [3.63, 3.8) is 0 Å². The van der Waals surface area contributed by atoms with Gasteiger partial charge in [0, 0.05) is 22.3 Å². The number of rotatable bonds is 0. The summed E-state index contributed by atoms with van der Waals surface area (Å²) in [5.41, 5.74) is 7.44. The van der Waals surface area contributed by atoms with Gasteiger partial charge in [-0.1, -0.05) is 65.8 Å². The molecular formula is C28H32O2. The number of carbonyl (C=O) groups excluding carboxylic acids is 2. The third-order valence-electron chi connectivity index (χ3n) is 6.50. The number of Topliss-reactive ketones (excluding diaryl/α,β-unsaturated/α-hetero) is 2. The highest BCUT2D eigenvalue weighted by Crippen LogP contribution is 2.46. The van der Waals surface area contributed by atoms with E-state index in [9.17, 15) is 9.59 Å². The summed E-state index contributed by atoms with van der Waals surface area (Å²) in [6.07, 6.45) is 8.20. The van der Waals surface area contributed by atoms with E-state index in [1.54, 1.807) is 0 Å². The van der Waals surface area contributed by atoms with Crippen LogP contribution < -0.4 is 0 Å². The summed E-state index contributed by atoms with van der Waals surface area (Å²) in [7, 11) is 0. The highest BCUT2D eigenvalue weighted by molar-refractivity contribution is 6.18. The van der Waals surface area contributed by atoms with Gasteiger partial charge in [0.05, 0.1) is 0 Å². The molecule has 2 nitrogen and oxygen atoms in total. The van der Waals surface area contributed by atoms with Crippen molar-refractivity contribution in [2.75, 3.05) is 0 Å². The summed E-state index contributed by atoms with van der Waals surface area (Å²) < 4.78 is 0. The van der Waals surface area contributed by atoms with Gasteiger partial charge < -0.3 is 0 Å². The quantitative estimate of drug-likeness (QED) is 0.468. The van der Waals surface area contributed by atoms with E-state index in [1.807, 2.05) is 18.2 Å². The molecule has 0 radical (unpaired) electrons. The molecule has 156 valence electrons. The van der Waals surface area contributed by atoms with E-state index in [0.717, 1.165) is 64.7 Å². The Balaban J connectivity index is 2.09. The summed E-state index contributed by atoms with van der Waals surface area (Å²) in [4.78, 5) is 26.6. The topological polar surface area (TPSA) is 34.1 Å². The second-order valence-electron chi connectivity index (χ2n) is 10.8. The zero-order chi connectivity index (χ0) is 21.8. The van der Waals surface area contributed by atoms with Gasteiger partial charge in [-0.25, -0.2) is 0 Å². The lowest BCUT2D eigenvalue weighted by Gasteiger charge is -2.34. The largest absolute Gasteiger partial charge is 0.289 e. The lowest BCUT2D eigenvalue weighted by atomic mass is 9.69. The summed E-state index contributed by atoms with van der Waals surface area (Å²) >= 11 is 0. The smallest absolute Gasteiger partial charge is 0.190 e. The lowest BCUT2D eigenvalue weighted by molar-refractivity contribution is -0.113. The maximum atomic E-state index is 13.3. The van der Waals surface area contributed by atoms with Gasteiger partial charge in [0.2, 0.25) is 0 Å². The first kappa shape index (κ1) is 20.8. The van der Waals surface area contributed by atoms with Crippen LogP contribution in [0.3, 0.4) is 0 Å². The van der Waals surface area contributed by atoms with E-state index < -0.39 is 0 Å². The van der Waals surface area contributed by atoms with Gasteiger partial charge in [-0.05, 0) is 70.9 Å². The highest BCUT2D eigenvalue weighted by Gasteiger charge is 2.36. The van der Waals surface area contributed by atoms with Crippen LogP contribution >= 0.6 is 0 Å². The number of hydrogen-bond donors (Lipinski definition) is 0. The Morgan fingerprint density at radius 2 is 1.13 bits per heavy atom. The minimum Gasteiger partial charge on any atom is -0.289 e. The second-order valence-corrected chi connectivity index (χ2v) is 10.8. The molecule has 0 spiro atoms. The highest BCUT2D eigenvalue weighted by atomic mass is 16.1. The molecule has 0 amide bonds. The lowest BCUT2D eigenvalue weighted by Crippen LogP contribution is -2.27. The van der Waals surface area contributed by atoms with Gasteiger partial charge in [-0.3, -0.25) is 9.59 Å². The standard InChI is InChI=1S/C28H32O2/c1-27(2,3)23-15-21(17-11-7-9-13-19(17)25(23)29)22-16-24(28(4,5)6)26(30)20-14-10-8-12-18(20)22/h7,9,11,13,15-16H,8,10,12,14H2,1-6H3/b22-21+. The van der Waals surface area contributed by atoms with Crippen molar-refractivity contribution < 1.29 is 9.59 Å². The molecule has 0 saturated carbocycles. The van der Waals surface area contributed by atoms with E-state index in [1.165, 1.54) is 5.57 Å². The third kappa shape index (κ3) is 3.37. The fraction of sp³-hybridized carbons (Fsp3) is 0.429. The molecular weight excluding hydrogens is 368 g/mol. The maximum absolute atomic E-state index is 13.3. The molecule has 0 aromatic heterocycles. The van der Waals surface area contributed by atoms with Crippen molar-refractivity contribution in [3.05, 3.63) is 75.4 Å². The first-order valence-corrected chi connectivity index (χ1v) is 11.1. The Morgan fingerprint density at radius 3 is 1.73 bits per heavy atom. The molecule has 30 heavy (non-hydrogen) atoms. The average Bonchev–Trinajstić information content (AvgIpc) is 2.67. The third-order valence-corrected chi connectivity index (χ3v) is 6.50. The predicted octanol–water partition coefficient (Wildman–Crippen LogP) is 7.03. The van der Waals surface area contributed by atoms with Crippen LogP contribution in [0.4, 0.5) is 0 Å². The van der Waals surface area contributed by atoms with E-state index in [4.69, 9.17) is 0 Å². The molecule has 3 aliphatic carbocycles. The monoisotopic (exact) mass is 400 g/mol. The summed E-state index contributed by atoms with van der Waals surface area (Å²) in [6.45, 7) is 12.6. The van der Waals surface area contributed by atoms with Crippen molar-refractivity contribution in [1.82, 2.24) is 0 Å². The van der Waals surface area contributed by atoms with Crippen LogP contribution in [0.1, 0.15) is 83.1 Å². The van der Waals surface area contributed by atoms with E-state index >= 15 is 0 Å². The second kappa shape index (κ2) is 7.04. The molecule has 0 fully saturated rings. The SMILES string of the molecule is CC(C)(C)C1=C/C(=C2/C=C(C(C)(C)C)C(=O)c3ccccc32)C2=C(CCCC2)C1=O. The average molecular weight is 401 g/mol. The first-order valence-electron chi connectivity index (χ1n) is 11.1. The van der Waals surface area contributed by atoms with Gasteiger partial charge >= 0.3 is 0 Å². The molecule has 0 aliphatic heterocycles. The van der Waals surface area contributed by atoms with Crippen LogP contribution in [-0.2, 0) is 4.79 Å². The van der Waals surface area contributed by atoms with Gasteiger partial charge in [0.1, 0.15) is 0 Å². The van der Waals surface area contributed by atoms with Crippen molar-refractivity contribution in [2.45, 2.75) is 67.2 Å². The van der Waals surface area contributed by atoms with Crippen LogP contribution in [0, 0.1) is 10.8 Å². The maximum Gasteiger partial charge on any atom is 0.190 e. The molecule has 0 atom stereocenters. The van der Waals surface area contributed by atoms with Crippen LogP contribution in [0.5, 0.6) is 0 Å². The molecule has 3 aliphatic rings. The van der Waals surface area contributed by atoms with Crippen LogP contribution in [0.2, 0.25) is 0 Å². The number of fused-ring (bicyclic) bond motifs is 1. The number of benzene rings is 1. The Morgan fingerprint density at radius 1 is 0.633 bits per heavy atom. The molecule has 1 aromatic carbocycles. The Bertz CT molecular complexity index is 1070. The zero-order valence-electron chi connectivity index (χ0n) is 19.1. The molecule has 0 N–H and O–H groups in total. The molecule has 0 heterocycles. The number of carbonyl (C=O) groups is 2. The van der Waals surface area contributed by atoms with Crippen LogP contribution in [-0.4, -0.2) is 11.6 Å². The predicted molar refractivity (Wildman–Crippen MR) is 123 cm³/mol. The fourth-order valence-corrected chi connectivity index (χ4v) is 4.84. The van der Waals surface area contributed by atoms with Crippen molar-refractivity contribution >= 4 is 17.1 Å². The Kier molecular flexibility index (Phi) is 4.88. The number of hydrogen-bond acceptors (Lipinski definition) is 2.